The van der Waals surface area contributed by atoms with Gasteiger partial charge in [-0.15, -0.1) is 11.3 Å². The predicted octanol–water partition coefficient (Wildman–Crippen LogP) is 3.54. The van der Waals surface area contributed by atoms with E-state index in [-0.39, 0.29) is 0 Å². The van der Waals surface area contributed by atoms with Crippen LogP contribution in [0.4, 0.5) is 5.69 Å². The average molecular weight is 319 g/mol. The van der Waals surface area contributed by atoms with E-state index in [1.54, 1.807) is 36.6 Å². The Labute approximate surface area is 130 Å². The van der Waals surface area contributed by atoms with E-state index in [0.29, 0.717) is 28.7 Å². The van der Waals surface area contributed by atoms with Crippen LogP contribution in [0.25, 0.3) is 4.96 Å². The molecule has 0 spiro atoms. The van der Waals surface area contributed by atoms with Gasteiger partial charge in [-0.2, -0.15) is 10.2 Å². The van der Waals surface area contributed by atoms with Gasteiger partial charge >= 0.3 is 0 Å². The van der Waals surface area contributed by atoms with Gasteiger partial charge in [0.05, 0.1) is 36.0 Å². The summed E-state index contributed by atoms with van der Waals surface area (Å²) in [6.45, 7) is 0.496. The van der Waals surface area contributed by atoms with E-state index >= 15 is 0 Å². The highest BCUT2D eigenvalue weighted by molar-refractivity contribution is 7.15. The van der Waals surface area contributed by atoms with Gasteiger partial charge in [0, 0.05) is 11.6 Å². The SMILES string of the molecule is COc1nc2sccn2c1CNc1cc(C#N)ccc1Cl. The Morgan fingerprint density at radius 1 is 1.52 bits per heavy atom. The largest absolute Gasteiger partial charge is 0.480 e. The van der Waals surface area contributed by atoms with Gasteiger partial charge in [-0.3, -0.25) is 4.40 Å². The Morgan fingerprint density at radius 2 is 2.38 bits per heavy atom. The fourth-order valence-corrected chi connectivity index (χ4v) is 2.96. The van der Waals surface area contributed by atoms with Crippen LogP contribution in [-0.2, 0) is 6.54 Å². The summed E-state index contributed by atoms with van der Waals surface area (Å²) in [6.07, 6.45) is 1.94. The molecular formula is C14H11ClN4OS. The molecule has 0 bridgehead atoms. The van der Waals surface area contributed by atoms with E-state index in [0.717, 1.165) is 10.7 Å². The molecular weight excluding hydrogens is 308 g/mol. The van der Waals surface area contributed by atoms with Gasteiger partial charge in [0.25, 0.3) is 0 Å². The molecule has 0 aliphatic heterocycles. The first-order chi connectivity index (χ1) is 10.2. The number of nitriles is 1. The number of thiazole rings is 1. The highest BCUT2D eigenvalue weighted by atomic mass is 35.5. The third-order valence-corrected chi connectivity index (χ3v) is 4.15. The van der Waals surface area contributed by atoms with E-state index in [2.05, 4.69) is 16.4 Å². The van der Waals surface area contributed by atoms with Gasteiger partial charge in [-0.25, -0.2) is 0 Å². The van der Waals surface area contributed by atoms with Crippen LogP contribution in [0.5, 0.6) is 5.88 Å². The van der Waals surface area contributed by atoms with Crippen molar-refractivity contribution in [2.75, 3.05) is 12.4 Å². The summed E-state index contributed by atoms with van der Waals surface area (Å²) in [5.41, 5.74) is 2.18. The van der Waals surface area contributed by atoms with Crippen LogP contribution in [0.3, 0.4) is 0 Å². The van der Waals surface area contributed by atoms with E-state index in [1.165, 1.54) is 0 Å². The minimum atomic E-state index is 0.496. The predicted molar refractivity (Wildman–Crippen MR) is 83.1 cm³/mol. The lowest BCUT2D eigenvalue weighted by molar-refractivity contribution is 0.395. The summed E-state index contributed by atoms with van der Waals surface area (Å²) in [5.74, 6) is 0.585. The first-order valence-corrected chi connectivity index (χ1v) is 7.40. The number of methoxy groups -OCH3 is 1. The van der Waals surface area contributed by atoms with Crippen molar-refractivity contribution in [2.24, 2.45) is 0 Å². The molecule has 21 heavy (non-hydrogen) atoms. The van der Waals surface area contributed by atoms with E-state index in [9.17, 15) is 0 Å². The maximum absolute atomic E-state index is 8.95. The first-order valence-electron chi connectivity index (χ1n) is 6.15. The Hall–Kier alpha value is -2.23. The zero-order valence-corrected chi connectivity index (χ0v) is 12.7. The van der Waals surface area contributed by atoms with Crippen LogP contribution in [0, 0.1) is 11.3 Å². The second-order valence-electron chi connectivity index (χ2n) is 4.28. The number of imidazole rings is 1. The molecule has 0 amide bonds. The standard InChI is InChI=1S/C14H11ClN4OS/c1-20-13-12(19-4-5-21-14(19)18-13)8-17-11-6-9(7-16)2-3-10(11)15/h2-6,17H,8H2,1H3. The lowest BCUT2D eigenvalue weighted by Gasteiger charge is -2.09. The highest BCUT2D eigenvalue weighted by Crippen LogP contribution is 2.27. The van der Waals surface area contributed by atoms with Crippen LogP contribution in [0.1, 0.15) is 11.3 Å². The molecule has 1 N–H and O–H groups in total. The molecule has 0 fully saturated rings. The third-order valence-electron chi connectivity index (χ3n) is 3.06. The molecule has 2 heterocycles. The lowest BCUT2D eigenvalue weighted by Crippen LogP contribution is -2.04. The van der Waals surface area contributed by atoms with Crippen LogP contribution >= 0.6 is 22.9 Å². The number of fused-ring (bicyclic) bond motifs is 1. The number of aromatic nitrogens is 2. The summed E-state index contributed by atoms with van der Waals surface area (Å²) in [4.78, 5) is 5.27. The molecule has 0 saturated heterocycles. The molecule has 0 atom stereocenters. The van der Waals surface area contributed by atoms with E-state index in [1.807, 2.05) is 16.0 Å². The number of rotatable bonds is 4. The van der Waals surface area contributed by atoms with Gasteiger partial charge in [-0.1, -0.05) is 11.6 Å². The maximum atomic E-state index is 8.95. The first kappa shape index (κ1) is 13.7. The number of ether oxygens (including phenoxy) is 1. The zero-order valence-electron chi connectivity index (χ0n) is 11.1. The van der Waals surface area contributed by atoms with Crippen molar-refractivity contribution in [1.82, 2.24) is 9.38 Å². The van der Waals surface area contributed by atoms with Crippen LogP contribution in [0.15, 0.2) is 29.8 Å². The van der Waals surface area contributed by atoms with Crippen LogP contribution < -0.4 is 10.1 Å². The number of benzene rings is 1. The summed E-state index contributed by atoms with van der Waals surface area (Å²) in [6, 6.07) is 7.21. The van der Waals surface area contributed by atoms with Gasteiger partial charge in [0.1, 0.15) is 5.69 Å². The van der Waals surface area contributed by atoms with Gasteiger partial charge in [0.2, 0.25) is 5.88 Å². The number of nitrogens with zero attached hydrogens (tertiary/aromatic N) is 3. The van der Waals surface area contributed by atoms with Crippen molar-refractivity contribution in [1.29, 1.82) is 5.26 Å². The minimum Gasteiger partial charge on any atom is -0.480 e. The molecule has 106 valence electrons. The minimum absolute atomic E-state index is 0.496. The van der Waals surface area contributed by atoms with Gasteiger partial charge in [-0.05, 0) is 18.2 Å². The number of hydrogen-bond acceptors (Lipinski definition) is 5. The van der Waals surface area contributed by atoms with Crippen LogP contribution in [-0.4, -0.2) is 16.5 Å². The zero-order chi connectivity index (χ0) is 14.8. The quantitative estimate of drug-likeness (QED) is 0.799. The fraction of sp³-hybridized carbons (Fsp3) is 0.143. The Morgan fingerprint density at radius 3 is 3.14 bits per heavy atom. The van der Waals surface area contributed by atoms with E-state index in [4.69, 9.17) is 21.6 Å². The topological polar surface area (TPSA) is 62.4 Å². The van der Waals surface area contributed by atoms with Crippen molar-refractivity contribution >= 4 is 33.6 Å². The number of nitrogens with one attached hydrogen (secondary N) is 1. The van der Waals surface area contributed by atoms with Crippen molar-refractivity contribution in [3.05, 3.63) is 46.1 Å². The Kier molecular flexibility index (Phi) is 3.69. The third kappa shape index (κ3) is 2.53. The van der Waals surface area contributed by atoms with Crippen molar-refractivity contribution in [3.63, 3.8) is 0 Å². The summed E-state index contributed by atoms with van der Waals surface area (Å²) >= 11 is 7.68. The Bertz CT molecular complexity index is 833. The van der Waals surface area contributed by atoms with Crippen molar-refractivity contribution in [3.8, 4) is 11.9 Å². The smallest absolute Gasteiger partial charge is 0.238 e. The molecule has 0 aliphatic carbocycles. The fourth-order valence-electron chi connectivity index (χ4n) is 2.05. The molecule has 5 nitrogen and oxygen atoms in total. The van der Waals surface area contributed by atoms with Crippen molar-refractivity contribution < 1.29 is 4.74 Å². The molecule has 1 aromatic carbocycles. The second kappa shape index (κ2) is 5.64. The summed E-state index contributed by atoms with van der Waals surface area (Å²) < 4.78 is 7.27. The van der Waals surface area contributed by atoms with Crippen LogP contribution in [0.2, 0.25) is 5.02 Å². The van der Waals surface area contributed by atoms with E-state index < -0.39 is 0 Å². The molecule has 0 aliphatic rings. The van der Waals surface area contributed by atoms with Gasteiger partial charge < -0.3 is 10.1 Å². The maximum Gasteiger partial charge on any atom is 0.238 e. The molecule has 0 unspecified atom stereocenters. The average Bonchev–Trinajstić information content (AvgIpc) is 3.07. The molecule has 0 saturated carbocycles. The number of halogens is 1. The second-order valence-corrected chi connectivity index (χ2v) is 5.56. The summed E-state index contributed by atoms with van der Waals surface area (Å²) in [5, 5.41) is 14.7. The molecule has 2 aromatic heterocycles. The van der Waals surface area contributed by atoms with Gasteiger partial charge in [0.15, 0.2) is 4.96 Å². The number of hydrogen-bond donors (Lipinski definition) is 1. The molecule has 3 rings (SSSR count). The normalized spacial score (nSPS) is 10.5. The Balaban J connectivity index is 1.90. The lowest BCUT2D eigenvalue weighted by atomic mass is 10.2. The molecule has 3 aromatic rings. The highest BCUT2D eigenvalue weighted by Gasteiger charge is 2.14. The van der Waals surface area contributed by atoms with Crippen molar-refractivity contribution in [2.45, 2.75) is 6.54 Å². The summed E-state index contributed by atoms with van der Waals surface area (Å²) in [7, 11) is 1.60. The molecule has 7 heteroatoms. The number of anilines is 1. The monoisotopic (exact) mass is 318 g/mol. The molecule has 0 radical (unpaired) electrons.